The number of hydrogen-bond donors (Lipinski definition) is 3. The third-order valence-corrected chi connectivity index (χ3v) is 4.14. The fourth-order valence-corrected chi connectivity index (χ4v) is 2.46. The molecule has 0 radical (unpaired) electrons. The zero-order chi connectivity index (χ0) is 19.3. The van der Waals surface area contributed by atoms with E-state index < -0.39 is 27.8 Å². The van der Waals surface area contributed by atoms with Crippen molar-refractivity contribution in [2.24, 2.45) is 15.4 Å². The van der Waals surface area contributed by atoms with E-state index in [1.807, 2.05) is 0 Å². The summed E-state index contributed by atoms with van der Waals surface area (Å²) in [6, 6.07) is 10.1. The summed E-state index contributed by atoms with van der Waals surface area (Å²) in [6.07, 6.45) is 0. The highest BCUT2D eigenvalue weighted by Crippen LogP contribution is 2.29. The first kappa shape index (κ1) is 19.2. The highest BCUT2D eigenvalue weighted by Gasteiger charge is 2.23. The number of nitrogens with two attached hydrogens (primary N) is 1. The third-order valence-electron chi connectivity index (χ3n) is 3.23. The van der Waals surface area contributed by atoms with E-state index in [-0.39, 0.29) is 16.3 Å². The molecule has 0 aliphatic heterocycles. The second kappa shape index (κ2) is 7.85. The number of para-hydroxylation sites is 1. The number of sulfonamides is 1. The lowest BCUT2D eigenvalue weighted by atomic mass is 10.2. The van der Waals surface area contributed by atoms with Crippen molar-refractivity contribution in [1.29, 1.82) is 0 Å². The van der Waals surface area contributed by atoms with Gasteiger partial charge in [-0.05, 0) is 37.3 Å². The standard InChI is InChI=1S/C16H16N4O5S/c1-10(21)15(16(23)18-11-5-3-2-4-6-11)20-19-13-9-12(26(17,24)25)7-8-14(13)22/h2-9,15,22H,1H3,(H,18,23)(H2,17,24,25)/t15-/m0/s1. The number of Topliss-reactive ketones (excluding diaryl/α,β-unsaturated/α-hetero) is 1. The number of aromatic hydroxyl groups is 1. The van der Waals surface area contributed by atoms with Crippen LogP contribution in [0.25, 0.3) is 0 Å². The average Bonchev–Trinajstić information content (AvgIpc) is 2.56. The number of hydrogen-bond acceptors (Lipinski definition) is 7. The average molecular weight is 376 g/mol. The van der Waals surface area contributed by atoms with Gasteiger partial charge in [0.25, 0.3) is 5.91 Å². The Hall–Kier alpha value is -3.11. The van der Waals surface area contributed by atoms with E-state index >= 15 is 0 Å². The molecule has 0 unspecified atom stereocenters. The fourth-order valence-electron chi connectivity index (χ4n) is 1.93. The number of carbonyl (C=O) groups excluding carboxylic acids is 2. The molecule has 0 aromatic heterocycles. The molecule has 2 aromatic carbocycles. The van der Waals surface area contributed by atoms with Crippen molar-refractivity contribution >= 4 is 33.1 Å². The van der Waals surface area contributed by atoms with Crippen LogP contribution in [-0.2, 0) is 19.6 Å². The lowest BCUT2D eigenvalue weighted by Gasteiger charge is -2.09. The fraction of sp³-hybridized carbons (Fsp3) is 0.125. The maximum atomic E-state index is 12.2. The molecule has 136 valence electrons. The molecule has 26 heavy (non-hydrogen) atoms. The van der Waals surface area contributed by atoms with E-state index in [0.717, 1.165) is 25.1 Å². The van der Waals surface area contributed by atoms with Crippen LogP contribution in [0.3, 0.4) is 0 Å². The predicted octanol–water partition coefficient (Wildman–Crippen LogP) is 1.72. The Morgan fingerprint density at radius 3 is 2.38 bits per heavy atom. The van der Waals surface area contributed by atoms with Crippen molar-refractivity contribution < 1.29 is 23.1 Å². The number of amides is 1. The molecule has 1 amide bonds. The van der Waals surface area contributed by atoms with Gasteiger partial charge in [0, 0.05) is 5.69 Å². The summed E-state index contributed by atoms with van der Waals surface area (Å²) in [7, 11) is -4.01. The van der Waals surface area contributed by atoms with Crippen molar-refractivity contribution in [3.8, 4) is 5.75 Å². The number of nitrogens with one attached hydrogen (secondary N) is 1. The van der Waals surface area contributed by atoms with Gasteiger partial charge in [-0.15, -0.1) is 0 Å². The summed E-state index contributed by atoms with van der Waals surface area (Å²) in [6.45, 7) is 1.16. The summed E-state index contributed by atoms with van der Waals surface area (Å²) in [4.78, 5) is 23.6. The molecule has 1 atom stereocenters. The minimum Gasteiger partial charge on any atom is -0.506 e. The van der Waals surface area contributed by atoms with E-state index in [0.29, 0.717) is 5.69 Å². The van der Waals surface area contributed by atoms with E-state index in [1.54, 1.807) is 30.3 Å². The molecule has 2 aromatic rings. The number of ketones is 1. The summed E-state index contributed by atoms with van der Waals surface area (Å²) < 4.78 is 22.7. The Balaban J connectivity index is 2.27. The van der Waals surface area contributed by atoms with Gasteiger partial charge in [-0.1, -0.05) is 18.2 Å². The first-order valence-electron chi connectivity index (χ1n) is 7.31. The maximum absolute atomic E-state index is 12.2. The summed E-state index contributed by atoms with van der Waals surface area (Å²) >= 11 is 0. The van der Waals surface area contributed by atoms with Crippen LogP contribution in [0.5, 0.6) is 5.75 Å². The molecule has 2 rings (SSSR count). The van der Waals surface area contributed by atoms with Gasteiger partial charge in [-0.3, -0.25) is 9.59 Å². The van der Waals surface area contributed by atoms with Crippen LogP contribution in [0.15, 0.2) is 63.7 Å². The molecule has 0 saturated carbocycles. The molecule has 0 saturated heterocycles. The summed E-state index contributed by atoms with van der Waals surface area (Å²) in [5, 5.41) is 24.6. The number of phenolic OH excluding ortho intramolecular Hbond substituents is 1. The van der Waals surface area contributed by atoms with Gasteiger partial charge in [-0.2, -0.15) is 10.2 Å². The highest BCUT2D eigenvalue weighted by atomic mass is 32.2. The van der Waals surface area contributed by atoms with Crippen LogP contribution in [0.2, 0.25) is 0 Å². The largest absolute Gasteiger partial charge is 0.506 e. The van der Waals surface area contributed by atoms with Crippen LogP contribution in [0.4, 0.5) is 11.4 Å². The first-order valence-corrected chi connectivity index (χ1v) is 8.86. The number of phenols is 1. The van der Waals surface area contributed by atoms with Crippen molar-refractivity contribution in [2.45, 2.75) is 17.9 Å². The van der Waals surface area contributed by atoms with Gasteiger partial charge in [-0.25, -0.2) is 13.6 Å². The SMILES string of the molecule is CC(=O)[C@H](N=Nc1cc(S(N)(=O)=O)ccc1O)C(=O)Nc1ccccc1. The predicted molar refractivity (Wildman–Crippen MR) is 93.5 cm³/mol. The molecule has 0 aliphatic rings. The summed E-state index contributed by atoms with van der Waals surface area (Å²) in [5.41, 5.74) is 0.230. The van der Waals surface area contributed by atoms with Crippen LogP contribution >= 0.6 is 0 Å². The molecular weight excluding hydrogens is 360 g/mol. The number of anilines is 1. The van der Waals surface area contributed by atoms with Crippen LogP contribution in [0.1, 0.15) is 6.92 Å². The number of carbonyl (C=O) groups is 2. The van der Waals surface area contributed by atoms with Gasteiger partial charge < -0.3 is 10.4 Å². The molecule has 0 spiro atoms. The van der Waals surface area contributed by atoms with Crippen molar-refractivity contribution in [3.63, 3.8) is 0 Å². The van der Waals surface area contributed by atoms with Crippen molar-refractivity contribution in [2.75, 3.05) is 5.32 Å². The van der Waals surface area contributed by atoms with E-state index in [2.05, 4.69) is 15.5 Å². The van der Waals surface area contributed by atoms with Gasteiger partial charge in [0.15, 0.2) is 5.78 Å². The molecule has 10 heteroatoms. The third kappa shape index (κ3) is 4.94. The molecular formula is C16H16N4O5S. The van der Waals surface area contributed by atoms with Gasteiger partial charge >= 0.3 is 0 Å². The number of nitrogens with zero attached hydrogens (tertiary/aromatic N) is 2. The lowest BCUT2D eigenvalue weighted by Crippen LogP contribution is -2.31. The Kier molecular flexibility index (Phi) is 5.80. The van der Waals surface area contributed by atoms with Gasteiger partial charge in [0.05, 0.1) is 4.90 Å². The van der Waals surface area contributed by atoms with Gasteiger partial charge in [0.1, 0.15) is 11.4 Å². The Morgan fingerprint density at radius 2 is 1.81 bits per heavy atom. The van der Waals surface area contributed by atoms with Crippen LogP contribution in [-0.4, -0.2) is 31.3 Å². The minimum atomic E-state index is -4.01. The Labute approximate surface area is 149 Å². The lowest BCUT2D eigenvalue weighted by molar-refractivity contribution is -0.126. The van der Waals surface area contributed by atoms with Gasteiger partial charge in [0.2, 0.25) is 16.1 Å². The van der Waals surface area contributed by atoms with E-state index in [4.69, 9.17) is 5.14 Å². The van der Waals surface area contributed by atoms with Crippen LogP contribution < -0.4 is 10.5 Å². The molecule has 4 N–H and O–H groups in total. The molecule has 0 heterocycles. The van der Waals surface area contributed by atoms with E-state index in [1.165, 1.54) is 0 Å². The maximum Gasteiger partial charge on any atom is 0.258 e. The summed E-state index contributed by atoms with van der Waals surface area (Å²) in [5.74, 6) is -1.68. The van der Waals surface area contributed by atoms with Crippen LogP contribution in [0, 0.1) is 0 Å². The molecule has 9 nitrogen and oxygen atoms in total. The van der Waals surface area contributed by atoms with E-state index in [9.17, 15) is 23.1 Å². The monoisotopic (exact) mass is 376 g/mol. The smallest absolute Gasteiger partial charge is 0.258 e. The van der Waals surface area contributed by atoms with Crippen molar-refractivity contribution in [3.05, 3.63) is 48.5 Å². The highest BCUT2D eigenvalue weighted by molar-refractivity contribution is 7.89. The van der Waals surface area contributed by atoms with Crippen molar-refractivity contribution in [1.82, 2.24) is 0 Å². The number of azo groups is 1. The molecule has 0 fully saturated rings. The second-order valence-corrected chi connectivity index (χ2v) is 6.84. The Morgan fingerprint density at radius 1 is 1.15 bits per heavy atom. The topological polar surface area (TPSA) is 151 Å². The number of benzene rings is 2. The first-order chi connectivity index (χ1) is 12.2. The normalized spacial score (nSPS) is 12.7. The zero-order valence-corrected chi connectivity index (χ0v) is 14.5. The number of primary sulfonamides is 1. The second-order valence-electron chi connectivity index (χ2n) is 5.28. The minimum absolute atomic E-state index is 0.240. The molecule has 0 aliphatic carbocycles. The molecule has 0 bridgehead atoms. The quantitative estimate of drug-likeness (QED) is 0.518. The Bertz CT molecular complexity index is 958. The number of rotatable bonds is 6. The zero-order valence-electron chi connectivity index (χ0n) is 13.7.